The second-order valence-corrected chi connectivity index (χ2v) is 7.52. The van der Waals surface area contributed by atoms with Crippen LogP contribution in [-0.4, -0.2) is 26.8 Å². The van der Waals surface area contributed by atoms with Crippen LogP contribution in [-0.2, 0) is 13.0 Å². The van der Waals surface area contributed by atoms with Crippen molar-refractivity contribution in [1.29, 1.82) is 0 Å². The molecule has 0 aliphatic heterocycles. The normalized spacial score (nSPS) is 10.7. The molecule has 6 nitrogen and oxygen atoms in total. The van der Waals surface area contributed by atoms with Gasteiger partial charge in [-0.3, -0.25) is 9.59 Å². The van der Waals surface area contributed by atoms with Crippen molar-refractivity contribution in [3.63, 3.8) is 0 Å². The molecular weight excluding hydrogens is 412 g/mol. The Morgan fingerprint density at radius 2 is 1.74 bits per heavy atom. The molecule has 4 aromatic rings. The van der Waals surface area contributed by atoms with Crippen molar-refractivity contribution in [2.45, 2.75) is 13.0 Å². The number of amides is 1. The van der Waals surface area contributed by atoms with Crippen molar-refractivity contribution in [3.05, 3.63) is 117 Å². The number of nitrogens with zero attached hydrogens (tertiary/aromatic N) is 3. The number of benzene rings is 2. The molecule has 0 aliphatic carbocycles. The number of carbonyl (C=O) groups is 1. The average Bonchev–Trinajstić information content (AvgIpc) is 3.26. The topological polar surface area (TPSA) is 68.9 Å². The zero-order valence-electron chi connectivity index (χ0n) is 16.7. The standard InChI is InChI=1S/C24H21ClN4O2/c25-22-9-5-4-6-19(22)16-28-17-20(10-11-23(28)30)24(31)26-13-12-18-14-27-29(15-18)21-7-2-1-3-8-21/h1-11,14-15,17H,12-13,16H2,(H,26,31). The van der Waals surface area contributed by atoms with Gasteiger partial charge in [0.1, 0.15) is 0 Å². The fraction of sp³-hybridized carbons (Fsp3) is 0.125. The first kappa shape index (κ1) is 20.6. The highest BCUT2D eigenvalue weighted by atomic mass is 35.5. The van der Waals surface area contributed by atoms with Crippen LogP contribution in [0.15, 0.2) is 90.1 Å². The van der Waals surface area contributed by atoms with Gasteiger partial charge in [-0.15, -0.1) is 0 Å². The molecule has 1 amide bonds. The Morgan fingerprint density at radius 1 is 0.968 bits per heavy atom. The van der Waals surface area contributed by atoms with E-state index in [9.17, 15) is 9.59 Å². The van der Waals surface area contributed by atoms with Gasteiger partial charge in [0.15, 0.2) is 0 Å². The minimum absolute atomic E-state index is 0.190. The molecule has 0 atom stereocenters. The third-order valence-electron chi connectivity index (χ3n) is 4.90. The fourth-order valence-electron chi connectivity index (χ4n) is 3.23. The lowest BCUT2D eigenvalue weighted by Gasteiger charge is -2.10. The van der Waals surface area contributed by atoms with E-state index >= 15 is 0 Å². The number of hydrogen-bond acceptors (Lipinski definition) is 3. The third-order valence-corrected chi connectivity index (χ3v) is 5.27. The lowest BCUT2D eigenvalue weighted by atomic mass is 10.2. The van der Waals surface area contributed by atoms with E-state index < -0.39 is 0 Å². The third kappa shape index (κ3) is 5.10. The lowest BCUT2D eigenvalue weighted by molar-refractivity contribution is 0.0953. The van der Waals surface area contributed by atoms with Crippen molar-refractivity contribution in [1.82, 2.24) is 19.7 Å². The molecule has 31 heavy (non-hydrogen) atoms. The van der Waals surface area contributed by atoms with E-state index in [1.807, 2.05) is 59.4 Å². The van der Waals surface area contributed by atoms with E-state index in [-0.39, 0.29) is 11.5 Å². The van der Waals surface area contributed by atoms with E-state index in [1.165, 1.54) is 16.7 Å². The first-order valence-corrected chi connectivity index (χ1v) is 10.3. The van der Waals surface area contributed by atoms with Gasteiger partial charge in [0, 0.05) is 30.0 Å². The molecule has 2 heterocycles. The minimum Gasteiger partial charge on any atom is -0.352 e. The number of halogens is 1. The van der Waals surface area contributed by atoms with Crippen LogP contribution in [0.3, 0.4) is 0 Å². The Hall–Kier alpha value is -3.64. The van der Waals surface area contributed by atoms with E-state index in [0.29, 0.717) is 30.1 Å². The Bertz CT molecular complexity index is 1250. The van der Waals surface area contributed by atoms with Crippen LogP contribution in [0.2, 0.25) is 5.02 Å². The molecule has 0 radical (unpaired) electrons. The number of hydrogen-bond donors (Lipinski definition) is 1. The molecule has 2 aromatic carbocycles. The minimum atomic E-state index is -0.233. The molecule has 4 rings (SSSR count). The molecule has 0 saturated carbocycles. The summed E-state index contributed by atoms with van der Waals surface area (Å²) >= 11 is 6.19. The molecule has 7 heteroatoms. The second-order valence-electron chi connectivity index (χ2n) is 7.11. The predicted octanol–water partition coefficient (Wildman–Crippen LogP) is 3.71. The number of nitrogens with one attached hydrogen (secondary N) is 1. The Balaban J connectivity index is 1.37. The van der Waals surface area contributed by atoms with Crippen molar-refractivity contribution >= 4 is 17.5 Å². The van der Waals surface area contributed by atoms with Gasteiger partial charge in [-0.25, -0.2) is 4.68 Å². The molecule has 0 bridgehead atoms. The molecule has 0 saturated heterocycles. The molecule has 0 spiro atoms. The molecule has 0 unspecified atom stereocenters. The SMILES string of the molecule is O=C(NCCc1cnn(-c2ccccc2)c1)c1ccc(=O)n(Cc2ccccc2Cl)c1. The van der Waals surface area contributed by atoms with Crippen LogP contribution < -0.4 is 10.9 Å². The first-order chi connectivity index (χ1) is 15.1. The quantitative estimate of drug-likeness (QED) is 0.484. The zero-order valence-corrected chi connectivity index (χ0v) is 17.5. The monoisotopic (exact) mass is 432 g/mol. The second kappa shape index (κ2) is 9.45. The van der Waals surface area contributed by atoms with E-state index in [1.54, 1.807) is 18.5 Å². The maximum atomic E-state index is 12.6. The summed E-state index contributed by atoms with van der Waals surface area (Å²) in [5, 5.41) is 7.85. The van der Waals surface area contributed by atoms with Crippen LogP contribution in [0.25, 0.3) is 5.69 Å². The summed E-state index contributed by atoms with van der Waals surface area (Å²) in [7, 11) is 0. The highest BCUT2D eigenvalue weighted by Gasteiger charge is 2.09. The fourth-order valence-corrected chi connectivity index (χ4v) is 3.43. The number of rotatable bonds is 7. The zero-order chi connectivity index (χ0) is 21.6. The molecule has 0 fully saturated rings. The molecule has 2 aromatic heterocycles. The number of carbonyl (C=O) groups excluding carboxylic acids is 1. The predicted molar refractivity (Wildman–Crippen MR) is 121 cm³/mol. The van der Waals surface area contributed by atoms with Crippen molar-refractivity contribution in [2.75, 3.05) is 6.54 Å². The average molecular weight is 433 g/mol. The van der Waals surface area contributed by atoms with Crippen LogP contribution in [0.5, 0.6) is 0 Å². The summed E-state index contributed by atoms with van der Waals surface area (Å²) in [4.78, 5) is 24.8. The highest BCUT2D eigenvalue weighted by Crippen LogP contribution is 2.15. The summed E-state index contributed by atoms with van der Waals surface area (Å²) in [5.41, 5.74) is 3.06. The van der Waals surface area contributed by atoms with Gasteiger partial charge in [-0.1, -0.05) is 48.0 Å². The number of para-hydroxylation sites is 1. The molecule has 1 N–H and O–H groups in total. The van der Waals surface area contributed by atoms with Crippen LogP contribution >= 0.6 is 11.6 Å². The van der Waals surface area contributed by atoms with Crippen molar-refractivity contribution < 1.29 is 4.79 Å². The summed E-state index contributed by atoms with van der Waals surface area (Å²) in [6.07, 6.45) is 5.96. The van der Waals surface area contributed by atoms with Crippen molar-refractivity contribution in [3.8, 4) is 5.69 Å². The van der Waals surface area contributed by atoms with Gasteiger partial charge in [-0.2, -0.15) is 5.10 Å². The van der Waals surface area contributed by atoms with Gasteiger partial charge >= 0.3 is 0 Å². The number of aromatic nitrogens is 3. The summed E-state index contributed by atoms with van der Waals surface area (Å²) in [6.45, 7) is 0.765. The summed E-state index contributed by atoms with van der Waals surface area (Å²) in [6, 6.07) is 20.1. The van der Waals surface area contributed by atoms with Gasteiger partial charge < -0.3 is 9.88 Å². The smallest absolute Gasteiger partial charge is 0.252 e. The lowest BCUT2D eigenvalue weighted by Crippen LogP contribution is -2.28. The Kier molecular flexibility index (Phi) is 6.29. The maximum Gasteiger partial charge on any atom is 0.252 e. The van der Waals surface area contributed by atoms with Gasteiger partial charge in [0.2, 0.25) is 0 Å². The first-order valence-electron chi connectivity index (χ1n) is 9.91. The highest BCUT2D eigenvalue weighted by molar-refractivity contribution is 6.31. The van der Waals surface area contributed by atoms with Gasteiger partial charge in [0.25, 0.3) is 11.5 Å². The van der Waals surface area contributed by atoms with Gasteiger partial charge in [0.05, 0.1) is 24.0 Å². The maximum absolute atomic E-state index is 12.6. The molecular formula is C24H21ClN4O2. The van der Waals surface area contributed by atoms with Crippen LogP contribution in [0.1, 0.15) is 21.5 Å². The molecule has 156 valence electrons. The summed E-state index contributed by atoms with van der Waals surface area (Å²) in [5.74, 6) is -0.233. The molecule has 0 aliphatic rings. The Morgan fingerprint density at radius 3 is 2.55 bits per heavy atom. The van der Waals surface area contributed by atoms with E-state index in [4.69, 9.17) is 11.6 Å². The van der Waals surface area contributed by atoms with E-state index in [2.05, 4.69) is 10.4 Å². The summed E-state index contributed by atoms with van der Waals surface area (Å²) < 4.78 is 3.29. The van der Waals surface area contributed by atoms with Crippen LogP contribution in [0.4, 0.5) is 0 Å². The Labute approximate surface area is 184 Å². The van der Waals surface area contributed by atoms with Gasteiger partial charge in [-0.05, 0) is 41.8 Å². The van der Waals surface area contributed by atoms with Crippen LogP contribution in [0, 0.1) is 0 Å². The van der Waals surface area contributed by atoms with E-state index in [0.717, 1.165) is 16.8 Å². The largest absolute Gasteiger partial charge is 0.352 e. The van der Waals surface area contributed by atoms with Crippen molar-refractivity contribution in [2.24, 2.45) is 0 Å². The number of pyridine rings is 1.